The maximum absolute atomic E-state index is 12.5. The predicted molar refractivity (Wildman–Crippen MR) is 53.5 cm³/mol. The summed E-state index contributed by atoms with van der Waals surface area (Å²) in [4.78, 5) is 10.1. The van der Waals surface area contributed by atoms with Gasteiger partial charge < -0.3 is 4.79 Å². The van der Waals surface area contributed by atoms with Gasteiger partial charge in [-0.05, 0) is 24.1 Å². The molecule has 0 aromatic heterocycles. The number of hydrogen-bond donors (Lipinski definition) is 0. The molecule has 0 aliphatic heterocycles. The largest absolute Gasteiger partial charge is 0.303 e. The molecule has 0 radical (unpaired) electrons. The summed E-state index contributed by atoms with van der Waals surface area (Å²) in [6.07, 6.45) is -1.11. The minimum Gasteiger partial charge on any atom is -0.303 e. The molecule has 0 bridgehead atoms. The first kappa shape index (κ1) is 11.3. The third-order valence-electron chi connectivity index (χ3n) is 1.87. The molecule has 0 atom stereocenters. The van der Waals surface area contributed by atoms with Crippen LogP contribution in [0.3, 0.4) is 0 Å². The van der Waals surface area contributed by atoms with Crippen molar-refractivity contribution >= 4 is 22.2 Å². The zero-order chi connectivity index (χ0) is 10.6. The van der Waals surface area contributed by atoms with E-state index < -0.39 is 6.43 Å². The summed E-state index contributed by atoms with van der Waals surface area (Å²) < 4.78 is 25.7. The molecule has 76 valence electrons. The van der Waals surface area contributed by atoms with Crippen LogP contribution in [0.4, 0.5) is 8.78 Å². The van der Waals surface area contributed by atoms with Crippen molar-refractivity contribution in [3.63, 3.8) is 0 Å². The summed E-state index contributed by atoms with van der Waals surface area (Å²) in [6.45, 7) is 0. The maximum atomic E-state index is 12.5. The van der Waals surface area contributed by atoms with Crippen molar-refractivity contribution in [2.24, 2.45) is 0 Å². The van der Waals surface area contributed by atoms with Gasteiger partial charge in [-0.1, -0.05) is 22.0 Å². The van der Waals surface area contributed by atoms with E-state index in [9.17, 15) is 13.6 Å². The molecule has 4 heteroatoms. The second-order valence-corrected chi connectivity index (χ2v) is 3.76. The Kier molecular flexibility index (Phi) is 4.20. The first-order valence-corrected chi connectivity index (χ1v) is 4.94. The van der Waals surface area contributed by atoms with Crippen molar-refractivity contribution in [2.75, 3.05) is 0 Å². The Morgan fingerprint density at radius 3 is 2.71 bits per heavy atom. The molecule has 0 N–H and O–H groups in total. The van der Waals surface area contributed by atoms with Crippen LogP contribution < -0.4 is 0 Å². The number of aryl methyl sites for hydroxylation is 1. The summed E-state index contributed by atoms with van der Waals surface area (Å²) in [7, 11) is 0. The summed E-state index contributed by atoms with van der Waals surface area (Å²) in [5.41, 5.74) is 0.538. The molecule has 1 aromatic rings. The van der Waals surface area contributed by atoms with Gasteiger partial charge in [0.05, 0.1) is 0 Å². The zero-order valence-corrected chi connectivity index (χ0v) is 8.93. The smallest absolute Gasteiger partial charge is 0.264 e. The van der Waals surface area contributed by atoms with Crippen LogP contribution in [-0.4, -0.2) is 6.29 Å². The van der Waals surface area contributed by atoms with Crippen LogP contribution in [0.2, 0.25) is 0 Å². The zero-order valence-electron chi connectivity index (χ0n) is 7.34. The third-order valence-corrected chi connectivity index (χ3v) is 2.37. The van der Waals surface area contributed by atoms with Crippen LogP contribution in [0, 0.1) is 0 Å². The highest BCUT2D eigenvalue weighted by Gasteiger charge is 2.12. The van der Waals surface area contributed by atoms with Gasteiger partial charge in [0.2, 0.25) is 0 Å². The van der Waals surface area contributed by atoms with Gasteiger partial charge in [-0.2, -0.15) is 0 Å². The van der Waals surface area contributed by atoms with Crippen molar-refractivity contribution in [3.05, 3.63) is 33.8 Å². The van der Waals surface area contributed by atoms with Crippen molar-refractivity contribution in [1.29, 1.82) is 0 Å². The van der Waals surface area contributed by atoms with Crippen LogP contribution >= 0.6 is 15.9 Å². The van der Waals surface area contributed by atoms with E-state index in [0.717, 1.165) is 6.29 Å². The molecule has 1 aromatic carbocycles. The standard InChI is InChI=1S/C10H9BrF2O/c11-8-4-3-7(2-1-5-14)9(6-8)10(12)13/h3-6,10H,1-2H2. The van der Waals surface area contributed by atoms with E-state index in [1.165, 1.54) is 6.07 Å². The number of rotatable bonds is 4. The molecule has 0 fully saturated rings. The van der Waals surface area contributed by atoms with E-state index in [0.29, 0.717) is 16.5 Å². The Morgan fingerprint density at radius 1 is 1.43 bits per heavy atom. The minimum atomic E-state index is -2.49. The quantitative estimate of drug-likeness (QED) is 0.759. The van der Waals surface area contributed by atoms with Crippen LogP contribution in [0.1, 0.15) is 24.0 Å². The Hall–Kier alpha value is -0.770. The third kappa shape index (κ3) is 2.87. The van der Waals surface area contributed by atoms with Crippen molar-refractivity contribution in [3.8, 4) is 0 Å². The average Bonchev–Trinajstić information content (AvgIpc) is 2.15. The lowest BCUT2D eigenvalue weighted by Gasteiger charge is -2.07. The first-order chi connectivity index (χ1) is 6.65. The molecule has 0 spiro atoms. The number of hydrogen-bond acceptors (Lipinski definition) is 1. The molecule has 1 nitrogen and oxygen atoms in total. The Bertz CT molecular complexity index is 326. The SMILES string of the molecule is O=CCCc1ccc(Br)cc1C(F)F. The van der Waals surface area contributed by atoms with Gasteiger partial charge >= 0.3 is 0 Å². The molecular weight excluding hydrogens is 254 g/mol. The second kappa shape index (κ2) is 5.20. The van der Waals surface area contributed by atoms with Gasteiger partial charge in [0.1, 0.15) is 6.29 Å². The van der Waals surface area contributed by atoms with Gasteiger partial charge in [0.15, 0.2) is 0 Å². The molecule has 0 saturated carbocycles. The number of aldehydes is 1. The highest BCUT2D eigenvalue weighted by Crippen LogP contribution is 2.26. The van der Waals surface area contributed by atoms with E-state index in [-0.39, 0.29) is 12.0 Å². The van der Waals surface area contributed by atoms with Crippen molar-refractivity contribution < 1.29 is 13.6 Å². The lowest BCUT2D eigenvalue weighted by molar-refractivity contribution is -0.107. The average molecular weight is 263 g/mol. The van der Waals surface area contributed by atoms with E-state index >= 15 is 0 Å². The van der Waals surface area contributed by atoms with Gasteiger partial charge in [0.25, 0.3) is 6.43 Å². The van der Waals surface area contributed by atoms with E-state index in [1.54, 1.807) is 12.1 Å². The van der Waals surface area contributed by atoms with Crippen LogP contribution in [0.15, 0.2) is 22.7 Å². The summed E-state index contributed by atoms with van der Waals surface area (Å²) in [5, 5.41) is 0. The fraction of sp³-hybridized carbons (Fsp3) is 0.300. The van der Waals surface area contributed by atoms with Crippen LogP contribution in [0.25, 0.3) is 0 Å². The molecule has 1 rings (SSSR count). The summed E-state index contributed by atoms with van der Waals surface area (Å²) >= 11 is 3.13. The Balaban J connectivity index is 2.95. The molecule has 0 aliphatic rings. The van der Waals surface area contributed by atoms with E-state index in [2.05, 4.69) is 15.9 Å². The number of alkyl halides is 2. The number of halogens is 3. The molecule has 0 unspecified atom stereocenters. The highest BCUT2D eigenvalue weighted by atomic mass is 79.9. The van der Waals surface area contributed by atoms with Crippen LogP contribution in [-0.2, 0) is 11.2 Å². The fourth-order valence-electron chi connectivity index (χ4n) is 1.21. The second-order valence-electron chi connectivity index (χ2n) is 2.85. The van der Waals surface area contributed by atoms with Crippen LogP contribution in [0.5, 0.6) is 0 Å². The Morgan fingerprint density at radius 2 is 2.14 bits per heavy atom. The topological polar surface area (TPSA) is 17.1 Å². The lowest BCUT2D eigenvalue weighted by Crippen LogP contribution is -1.95. The molecule has 14 heavy (non-hydrogen) atoms. The van der Waals surface area contributed by atoms with Crippen molar-refractivity contribution in [1.82, 2.24) is 0 Å². The molecule has 0 amide bonds. The summed E-state index contributed by atoms with van der Waals surface area (Å²) in [5.74, 6) is 0. The van der Waals surface area contributed by atoms with Gasteiger partial charge in [0, 0.05) is 16.5 Å². The Labute approximate surface area is 89.3 Å². The molecule has 0 saturated heterocycles. The highest BCUT2D eigenvalue weighted by molar-refractivity contribution is 9.10. The fourth-order valence-corrected chi connectivity index (χ4v) is 1.59. The molecular formula is C10H9BrF2O. The molecule has 0 heterocycles. The van der Waals surface area contributed by atoms with Gasteiger partial charge in [-0.15, -0.1) is 0 Å². The summed E-state index contributed by atoms with van der Waals surface area (Å²) in [6, 6.07) is 4.71. The number of benzene rings is 1. The first-order valence-electron chi connectivity index (χ1n) is 4.15. The van der Waals surface area contributed by atoms with Gasteiger partial charge in [-0.3, -0.25) is 0 Å². The maximum Gasteiger partial charge on any atom is 0.264 e. The van der Waals surface area contributed by atoms with E-state index in [4.69, 9.17) is 0 Å². The minimum absolute atomic E-state index is 0.00113. The normalized spacial score (nSPS) is 10.6. The molecule has 0 aliphatic carbocycles. The predicted octanol–water partition coefficient (Wildman–Crippen LogP) is 3.52. The van der Waals surface area contributed by atoms with Crippen molar-refractivity contribution in [2.45, 2.75) is 19.3 Å². The van der Waals surface area contributed by atoms with E-state index in [1.807, 2.05) is 0 Å². The monoisotopic (exact) mass is 262 g/mol. The number of carbonyl (C=O) groups excluding carboxylic acids is 1. The lowest BCUT2D eigenvalue weighted by atomic mass is 10.0. The van der Waals surface area contributed by atoms with Gasteiger partial charge in [-0.25, -0.2) is 8.78 Å². The number of carbonyl (C=O) groups is 1.